The summed E-state index contributed by atoms with van der Waals surface area (Å²) in [4.78, 5) is 14.3. The second-order valence-electron chi connectivity index (χ2n) is 4.85. The van der Waals surface area contributed by atoms with Crippen molar-refractivity contribution in [2.75, 3.05) is 13.2 Å². The van der Waals surface area contributed by atoms with Crippen molar-refractivity contribution in [1.29, 1.82) is 0 Å². The zero-order valence-corrected chi connectivity index (χ0v) is 12.5. The van der Waals surface area contributed by atoms with Crippen LogP contribution in [0.2, 0.25) is 0 Å². The summed E-state index contributed by atoms with van der Waals surface area (Å²) in [5.74, 6) is -1.62. The van der Waals surface area contributed by atoms with Crippen molar-refractivity contribution < 1.29 is 36.2 Å². The number of rotatable bonds is 5. The van der Waals surface area contributed by atoms with Gasteiger partial charge in [-0.25, -0.2) is 13.4 Å². The Kier molecular flexibility index (Phi) is 4.80. The van der Waals surface area contributed by atoms with Crippen molar-refractivity contribution in [2.24, 2.45) is 0 Å². The summed E-state index contributed by atoms with van der Waals surface area (Å²) in [7, 11) is -4.08. The first-order valence-electron chi connectivity index (χ1n) is 6.51. The summed E-state index contributed by atoms with van der Waals surface area (Å²) in [6.45, 7) is -1.48. The number of hydrogen-bond donors (Lipinski definition) is 1. The fraction of sp³-hybridized carbons (Fsp3) is 0.500. The number of ether oxygens (including phenoxy) is 1. The number of pyridine rings is 1. The summed E-state index contributed by atoms with van der Waals surface area (Å²) in [6.07, 6.45) is -3.07. The summed E-state index contributed by atoms with van der Waals surface area (Å²) >= 11 is 0. The molecule has 1 saturated heterocycles. The third kappa shape index (κ3) is 4.10. The van der Waals surface area contributed by atoms with Gasteiger partial charge >= 0.3 is 12.1 Å². The molecule has 0 aliphatic carbocycles. The SMILES string of the molecule is O=C(O)[C@@H]1CCCN1S(=O)(=O)c1ccc(OCC(F)(F)F)nc1. The van der Waals surface area contributed by atoms with Crippen molar-refractivity contribution in [1.82, 2.24) is 9.29 Å². The molecule has 2 rings (SSSR count). The van der Waals surface area contributed by atoms with Crippen LogP contribution in [0, 0.1) is 0 Å². The molecule has 7 nitrogen and oxygen atoms in total. The van der Waals surface area contributed by atoms with Crippen LogP contribution < -0.4 is 4.74 Å². The molecule has 11 heteroatoms. The van der Waals surface area contributed by atoms with E-state index in [0.717, 1.165) is 22.6 Å². The number of carboxylic acids is 1. The molecule has 1 N–H and O–H groups in total. The Labute approximate surface area is 129 Å². The predicted molar refractivity (Wildman–Crippen MR) is 70.3 cm³/mol. The lowest BCUT2D eigenvalue weighted by Crippen LogP contribution is -2.40. The fourth-order valence-electron chi connectivity index (χ4n) is 2.17. The molecule has 23 heavy (non-hydrogen) atoms. The average molecular weight is 354 g/mol. The Morgan fingerprint density at radius 1 is 1.43 bits per heavy atom. The number of nitrogens with zero attached hydrogens (tertiary/aromatic N) is 2. The van der Waals surface area contributed by atoms with Gasteiger partial charge in [-0.2, -0.15) is 17.5 Å². The minimum absolute atomic E-state index is 0.0611. The molecule has 0 saturated carbocycles. The van der Waals surface area contributed by atoms with Gasteiger partial charge in [0.2, 0.25) is 15.9 Å². The van der Waals surface area contributed by atoms with Crippen LogP contribution in [-0.4, -0.2) is 54.2 Å². The van der Waals surface area contributed by atoms with Gasteiger partial charge in [0, 0.05) is 12.6 Å². The maximum Gasteiger partial charge on any atom is 0.422 e. The molecule has 2 heterocycles. The van der Waals surface area contributed by atoms with Crippen molar-refractivity contribution in [3.63, 3.8) is 0 Å². The number of carbonyl (C=O) groups is 1. The molecule has 0 radical (unpaired) electrons. The van der Waals surface area contributed by atoms with Crippen LogP contribution >= 0.6 is 0 Å². The van der Waals surface area contributed by atoms with Crippen molar-refractivity contribution in [2.45, 2.75) is 30.0 Å². The molecule has 1 fully saturated rings. The number of hydrogen-bond acceptors (Lipinski definition) is 5. The highest BCUT2D eigenvalue weighted by Crippen LogP contribution is 2.26. The van der Waals surface area contributed by atoms with Gasteiger partial charge in [0.25, 0.3) is 0 Å². The Balaban J connectivity index is 2.16. The van der Waals surface area contributed by atoms with E-state index in [0.29, 0.717) is 6.42 Å². The molecular formula is C12H13F3N2O5S. The molecule has 0 spiro atoms. The quantitative estimate of drug-likeness (QED) is 0.855. The minimum atomic E-state index is -4.53. The summed E-state index contributed by atoms with van der Waals surface area (Å²) in [5, 5.41) is 9.04. The summed E-state index contributed by atoms with van der Waals surface area (Å²) in [5.41, 5.74) is 0. The maximum absolute atomic E-state index is 12.4. The van der Waals surface area contributed by atoms with E-state index in [1.165, 1.54) is 0 Å². The topological polar surface area (TPSA) is 96.8 Å². The van der Waals surface area contributed by atoms with E-state index >= 15 is 0 Å². The first kappa shape index (κ1) is 17.5. The molecule has 1 atom stereocenters. The van der Waals surface area contributed by atoms with Crippen LogP contribution in [0.15, 0.2) is 23.2 Å². The van der Waals surface area contributed by atoms with Crippen molar-refractivity contribution in [3.8, 4) is 5.88 Å². The minimum Gasteiger partial charge on any atom is -0.480 e. The van der Waals surface area contributed by atoms with Gasteiger partial charge in [0.05, 0.1) is 6.20 Å². The Morgan fingerprint density at radius 2 is 2.13 bits per heavy atom. The first-order chi connectivity index (χ1) is 10.6. The average Bonchev–Trinajstić information content (AvgIpc) is 2.95. The zero-order chi connectivity index (χ0) is 17.3. The molecule has 1 aromatic heterocycles. The molecule has 0 bridgehead atoms. The van der Waals surface area contributed by atoms with Crippen LogP contribution in [0.5, 0.6) is 5.88 Å². The summed E-state index contributed by atoms with van der Waals surface area (Å²) < 4.78 is 66.1. The van der Waals surface area contributed by atoms with Crippen LogP contribution in [0.3, 0.4) is 0 Å². The van der Waals surface area contributed by atoms with Gasteiger partial charge in [0.15, 0.2) is 6.61 Å². The first-order valence-corrected chi connectivity index (χ1v) is 7.95. The number of aliphatic carboxylic acids is 1. The van der Waals surface area contributed by atoms with Gasteiger partial charge in [-0.05, 0) is 18.9 Å². The van der Waals surface area contributed by atoms with Crippen LogP contribution in [0.4, 0.5) is 13.2 Å². The molecule has 1 aromatic rings. The van der Waals surface area contributed by atoms with Crippen molar-refractivity contribution in [3.05, 3.63) is 18.3 Å². The van der Waals surface area contributed by atoms with Gasteiger partial charge < -0.3 is 9.84 Å². The number of sulfonamides is 1. The van der Waals surface area contributed by atoms with Crippen molar-refractivity contribution >= 4 is 16.0 Å². The molecule has 128 valence electrons. The number of carboxylic acid groups (broad SMARTS) is 1. The lowest BCUT2D eigenvalue weighted by Gasteiger charge is -2.20. The maximum atomic E-state index is 12.4. The van der Waals surface area contributed by atoms with E-state index in [2.05, 4.69) is 9.72 Å². The van der Waals surface area contributed by atoms with Gasteiger partial charge in [-0.3, -0.25) is 4.79 Å². The highest BCUT2D eigenvalue weighted by Gasteiger charge is 2.39. The van der Waals surface area contributed by atoms with Crippen LogP contribution in [0.1, 0.15) is 12.8 Å². The zero-order valence-electron chi connectivity index (χ0n) is 11.7. The molecule has 1 aliphatic rings. The van der Waals surface area contributed by atoms with Crippen LogP contribution in [0.25, 0.3) is 0 Å². The Morgan fingerprint density at radius 3 is 2.65 bits per heavy atom. The van der Waals surface area contributed by atoms with E-state index in [4.69, 9.17) is 5.11 Å². The number of halogens is 3. The molecule has 0 aromatic carbocycles. The summed E-state index contributed by atoms with van der Waals surface area (Å²) in [6, 6.07) is 0.872. The lowest BCUT2D eigenvalue weighted by molar-refractivity contribution is -0.154. The second-order valence-corrected chi connectivity index (χ2v) is 6.74. The van der Waals surface area contributed by atoms with E-state index < -0.39 is 34.8 Å². The smallest absolute Gasteiger partial charge is 0.422 e. The Bertz CT molecular complexity index is 675. The lowest BCUT2D eigenvalue weighted by atomic mass is 10.2. The second kappa shape index (κ2) is 6.32. The van der Waals surface area contributed by atoms with E-state index in [9.17, 15) is 26.4 Å². The van der Waals surface area contributed by atoms with E-state index in [1.807, 2.05) is 0 Å². The fourth-order valence-corrected chi connectivity index (χ4v) is 3.77. The molecule has 0 amide bonds. The monoisotopic (exact) mass is 354 g/mol. The third-order valence-corrected chi connectivity index (χ3v) is 5.08. The normalized spacial score (nSPS) is 19.7. The Hall–Kier alpha value is -1.88. The molecular weight excluding hydrogens is 341 g/mol. The van der Waals surface area contributed by atoms with Gasteiger partial charge in [-0.15, -0.1) is 0 Å². The van der Waals surface area contributed by atoms with E-state index in [-0.39, 0.29) is 23.7 Å². The van der Waals surface area contributed by atoms with Crippen LogP contribution in [-0.2, 0) is 14.8 Å². The molecule has 0 unspecified atom stereocenters. The number of alkyl halides is 3. The molecule has 1 aliphatic heterocycles. The van der Waals surface area contributed by atoms with E-state index in [1.54, 1.807) is 0 Å². The largest absolute Gasteiger partial charge is 0.480 e. The van der Waals surface area contributed by atoms with Gasteiger partial charge in [0.1, 0.15) is 10.9 Å². The number of aromatic nitrogens is 1. The third-order valence-electron chi connectivity index (χ3n) is 3.19. The highest BCUT2D eigenvalue weighted by atomic mass is 32.2. The standard InChI is InChI=1S/C12H13F3N2O5S/c13-12(14,15)7-22-10-4-3-8(6-16-10)23(20,21)17-5-1-2-9(17)11(18)19/h3-4,6,9H,1-2,5,7H2,(H,18,19)/t9-/m0/s1. The predicted octanol–water partition coefficient (Wildman–Crippen LogP) is 1.26. The highest BCUT2D eigenvalue weighted by molar-refractivity contribution is 7.89. The van der Waals surface area contributed by atoms with Gasteiger partial charge in [-0.1, -0.05) is 0 Å².